The van der Waals surface area contributed by atoms with E-state index < -0.39 is 0 Å². The lowest BCUT2D eigenvalue weighted by Gasteiger charge is -2.37. The van der Waals surface area contributed by atoms with E-state index in [9.17, 15) is 0 Å². The molecule has 0 bridgehead atoms. The maximum Gasteiger partial charge on any atom is 0.0709 e. The fourth-order valence-electron chi connectivity index (χ4n) is 2.33. The van der Waals surface area contributed by atoms with Crippen molar-refractivity contribution in [2.75, 3.05) is 6.61 Å². The molecule has 0 amide bonds. The van der Waals surface area contributed by atoms with Crippen LogP contribution in [-0.2, 0) is 11.2 Å². The first kappa shape index (κ1) is 12.1. The Labute approximate surface area is 105 Å². The molecule has 1 fully saturated rings. The topological polar surface area (TPSA) is 35.2 Å². The highest BCUT2D eigenvalue weighted by atomic mass is 79.9. The molecule has 2 atom stereocenters. The fourth-order valence-corrected chi connectivity index (χ4v) is 2.59. The molecule has 0 aromatic heterocycles. The van der Waals surface area contributed by atoms with Gasteiger partial charge in [-0.3, -0.25) is 0 Å². The Morgan fingerprint density at radius 2 is 2.12 bits per heavy atom. The molecule has 0 aliphatic carbocycles. The maximum absolute atomic E-state index is 6.00. The van der Waals surface area contributed by atoms with Gasteiger partial charge in [-0.25, -0.2) is 0 Å². The third-order valence-corrected chi connectivity index (χ3v) is 3.65. The molecule has 0 spiro atoms. The van der Waals surface area contributed by atoms with Crippen molar-refractivity contribution in [3.05, 3.63) is 34.3 Å². The van der Waals surface area contributed by atoms with Gasteiger partial charge in [0.15, 0.2) is 0 Å². The second-order valence-electron chi connectivity index (χ2n) is 4.85. The lowest BCUT2D eigenvalue weighted by atomic mass is 9.87. The number of rotatable bonds is 2. The van der Waals surface area contributed by atoms with Crippen molar-refractivity contribution < 1.29 is 4.74 Å². The van der Waals surface area contributed by atoms with Crippen molar-refractivity contribution in [2.24, 2.45) is 5.73 Å². The summed E-state index contributed by atoms with van der Waals surface area (Å²) in [6.45, 7) is 2.95. The van der Waals surface area contributed by atoms with E-state index in [1.165, 1.54) is 5.56 Å². The summed E-state index contributed by atoms with van der Waals surface area (Å²) in [4.78, 5) is 0. The van der Waals surface area contributed by atoms with Crippen LogP contribution in [0, 0.1) is 0 Å². The average Bonchev–Trinajstić information content (AvgIpc) is 2.21. The van der Waals surface area contributed by atoms with Crippen LogP contribution in [0.15, 0.2) is 28.7 Å². The molecule has 1 aromatic rings. The predicted molar refractivity (Wildman–Crippen MR) is 69.4 cm³/mol. The van der Waals surface area contributed by atoms with Gasteiger partial charge in [0.2, 0.25) is 0 Å². The highest BCUT2D eigenvalue weighted by Crippen LogP contribution is 2.28. The van der Waals surface area contributed by atoms with Gasteiger partial charge in [-0.1, -0.05) is 28.1 Å². The molecule has 1 saturated heterocycles. The first-order valence-electron chi connectivity index (χ1n) is 5.71. The summed E-state index contributed by atoms with van der Waals surface area (Å²) in [6.07, 6.45) is 2.87. The first-order chi connectivity index (χ1) is 7.57. The quantitative estimate of drug-likeness (QED) is 0.906. The molecule has 1 heterocycles. The Balaban J connectivity index is 2.05. The minimum Gasteiger partial charge on any atom is -0.375 e. The molecule has 2 rings (SSSR count). The lowest BCUT2D eigenvalue weighted by molar-refractivity contribution is -0.0706. The second kappa shape index (κ2) is 4.86. The van der Waals surface area contributed by atoms with Crippen molar-refractivity contribution in [3.8, 4) is 0 Å². The van der Waals surface area contributed by atoms with Crippen molar-refractivity contribution >= 4 is 15.9 Å². The van der Waals surface area contributed by atoms with E-state index in [0.29, 0.717) is 0 Å². The number of ether oxygens (including phenoxy) is 1. The van der Waals surface area contributed by atoms with E-state index in [1.807, 2.05) is 0 Å². The number of halogens is 1. The zero-order valence-electron chi connectivity index (χ0n) is 9.58. The van der Waals surface area contributed by atoms with Crippen LogP contribution in [0.25, 0.3) is 0 Å². The summed E-state index contributed by atoms with van der Waals surface area (Å²) in [7, 11) is 0. The van der Waals surface area contributed by atoms with E-state index in [4.69, 9.17) is 10.5 Å². The average molecular weight is 284 g/mol. The molecule has 3 heteroatoms. The molecule has 2 N–H and O–H groups in total. The van der Waals surface area contributed by atoms with Gasteiger partial charge >= 0.3 is 0 Å². The molecule has 1 aromatic carbocycles. The van der Waals surface area contributed by atoms with Crippen LogP contribution < -0.4 is 5.73 Å². The normalized spacial score (nSPS) is 30.3. The number of hydrogen-bond donors (Lipinski definition) is 1. The smallest absolute Gasteiger partial charge is 0.0709 e. The summed E-state index contributed by atoms with van der Waals surface area (Å²) in [6, 6.07) is 8.70. The Hall–Kier alpha value is -0.380. The summed E-state index contributed by atoms with van der Waals surface area (Å²) >= 11 is 3.44. The number of hydrogen-bond acceptors (Lipinski definition) is 2. The van der Waals surface area contributed by atoms with Crippen LogP contribution in [0.2, 0.25) is 0 Å². The van der Waals surface area contributed by atoms with Crippen LogP contribution in [0.4, 0.5) is 0 Å². The molecule has 16 heavy (non-hydrogen) atoms. The molecular formula is C13H18BrNO. The van der Waals surface area contributed by atoms with Gasteiger partial charge < -0.3 is 10.5 Å². The zero-order valence-corrected chi connectivity index (χ0v) is 11.2. The third-order valence-electron chi connectivity index (χ3n) is 3.12. The van der Waals surface area contributed by atoms with E-state index in [0.717, 1.165) is 30.3 Å². The van der Waals surface area contributed by atoms with Crippen LogP contribution in [-0.4, -0.2) is 18.2 Å². The summed E-state index contributed by atoms with van der Waals surface area (Å²) < 4.78 is 6.99. The van der Waals surface area contributed by atoms with Crippen LogP contribution >= 0.6 is 15.9 Å². The Morgan fingerprint density at radius 1 is 1.44 bits per heavy atom. The van der Waals surface area contributed by atoms with Crippen molar-refractivity contribution in [1.82, 2.24) is 0 Å². The van der Waals surface area contributed by atoms with Crippen molar-refractivity contribution in [3.63, 3.8) is 0 Å². The van der Waals surface area contributed by atoms with Gasteiger partial charge in [-0.2, -0.15) is 0 Å². The van der Waals surface area contributed by atoms with Crippen LogP contribution in [0.3, 0.4) is 0 Å². The fraction of sp³-hybridized carbons (Fsp3) is 0.538. The number of nitrogens with two attached hydrogens (primary N) is 1. The molecule has 0 radical (unpaired) electrons. The largest absolute Gasteiger partial charge is 0.375 e. The van der Waals surface area contributed by atoms with Gasteiger partial charge in [0.05, 0.1) is 5.60 Å². The zero-order chi connectivity index (χ0) is 11.6. The van der Waals surface area contributed by atoms with Crippen molar-refractivity contribution in [2.45, 2.75) is 37.8 Å². The van der Waals surface area contributed by atoms with Crippen molar-refractivity contribution in [1.29, 1.82) is 0 Å². The molecule has 88 valence electrons. The minimum atomic E-state index is -0.0918. The second-order valence-corrected chi connectivity index (χ2v) is 5.77. The molecule has 1 aliphatic heterocycles. The molecule has 2 unspecified atom stereocenters. The standard InChI is InChI=1S/C13H18BrNO/c1-13(9-12(15)6-7-16-13)8-10-2-4-11(14)5-3-10/h2-5,12H,6-9,15H2,1H3. The van der Waals surface area contributed by atoms with E-state index in [-0.39, 0.29) is 11.6 Å². The minimum absolute atomic E-state index is 0.0918. The Morgan fingerprint density at radius 3 is 2.75 bits per heavy atom. The maximum atomic E-state index is 6.00. The van der Waals surface area contributed by atoms with Gasteiger partial charge in [-0.15, -0.1) is 0 Å². The van der Waals surface area contributed by atoms with Gasteiger partial charge in [-0.05, 0) is 37.5 Å². The highest BCUT2D eigenvalue weighted by molar-refractivity contribution is 9.10. The van der Waals surface area contributed by atoms with Gasteiger partial charge in [0, 0.05) is 23.5 Å². The van der Waals surface area contributed by atoms with Gasteiger partial charge in [0.1, 0.15) is 0 Å². The monoisotopic (exact) mass is 283 g/mol. The molecule has 2 nitrogen and oxygen atoms in total. The van der Waals surface area contributed by atoms with Crippen LogP contribution in [0.5, 0.6) is 0 Å². The lowest BCUT2D eigenvalue weighted by Crippen LogP contribution is -2.44. The Kier molecular flexibility index (Phi) is 3.67. The summed E-state index contributed by atoms with van der Waals surface area (Å²) in [5.41, 5.74) is 7.21. The molecule has 0 saturated carbocycles. The summed E-state index contributed by atoms with van der Waals surface area (Å²) in [5.74, 6) is 0. The Bertz CT molecular complexity index is 351. The third kappa shape index (κ3) is 3.06. The van der Waals surface area contributed by atoms with Gasteiger partial charge in [0.25, 0.3) is 0 Å². The van der Waals surface area contributed by atoms with E-state index >= 15 is 0 Å². The van der Waals surface area contributed by atoms with E-state index in [1.54, 1.807) is 0 Å². The summed E-state index contributed by atoms with van der Waals surface area (Å²) in [5, 5.41) is 0. The highest BCUT2D eigenvalue weighted by Gasteiger charge is 2.31. The molecular weight excluding hydrogens is 266 g/mol. The molecule has 1 aliphatic rings. The SMILES string of the molecule is CC1(Cc2ccc(Br)cc2)CC(N)CCO1. The van der Waals surface area contributed by atoms with Crippen LogP contribution in [0.1, 0.15) is 25.3 Å². The number of benzene rings is 1. The first-order valence-corrected chi connectivity index (χ1v) is 6.51. The van der Waals surface area contributed by atoms with E-state index in [2.05, 4.69) is 47.1 Å². The predicted octanol–water partition coefficient (Wildman–Crippen LogP) is 2.89.